The van der Waals surface area contributed by atoms with Gasteiger partial charge >= 0.3 is 5.97 Å². The van der Waals surface area contributed by atoms with Crippen molar-refractivity contribution in [3.8, 4) is 0 Å². The third kappa shape index (κ3) is 2.94. The molecule has 1 aromatic carbocycles. The molecule has 0 saturated carbocycles. The van der Waals surface area contributed by atoms with E-state index in [0.717, 1.165) is 0 Å². The maximum atomic E-state index is 13.9. The largest absolute Gasteiger partial charge is 0.481 e. The summed E-state index contributed by atoms with van der Waals surface area (Å²) in [4.78, 5) is 11.0. The van der Waals surface area contributed by atoms with E-state index in [9.17, 15) is 17.6 Å². The smallest absolute Gasteiger partial charge is 0.304 e. The number of rotatable bonds is 3. The number of carboxylic acids is 1. The van der Waals surface area contributed by atoms with Gasteiger partial charge in [0.05, 0.1) is 17.9 Å². The van der Waals surface area contributed by atoms with Crippen molar-refractivity contribution < 1.29 is 22.7 Å². The highest BCUT2D eigenvalue weighted by molar-refractivity contribution is 7.91. The summed E-state index contributed by atoms with van der Waals surface area (Å²) in [6, 6.07) is 6.01. The highest BCUT2D eigenvalue weighted by Crippen LogP contribution is 2.40. The summed E-state index contributed by atoms with van der Waals surface area (Å²) >= 11 is 0. The monoisotopic (exact) mass is 286 g/mol. The molecule has 19 heavy (non-hydrogen) atoms. The molecule has 1 aliphatic rings. The standard InChI is InChI=1S/C13H15FO4S/c14-11-4-2-1-3-10(11)13(9-12(15)16)5-7-19(17,18)8-6-13/h1-4H,5-9H2,(H,15,16). The van der Waals surface area contributed by atoms with Crippen molar-refractivity contribution in [2.75, 3.05) is 11.5 Å². The Morgan fingerprint density at radius 2 is 1.84 bits per heavy atom. The van der Waals surface area contributed by atoms with Gasteiger partial charge in [-0.15, -0.1) is 0 Å². The third-order valence-corrected chi connectivity index (χ3v) is 5.37. The molecular weight excluding hydrogens is 271 g/mol. The molecule has 1 aromatic rings. The third-order valence-electron chi connectivity index (χ3n) is 3.72. The van der Waals surface area contributed by atoms with Gasteiger partial charge in [-0.05, 0) is 24.5 Å². The first-order valence-corrected chi connectivity index (χ1v) is 7.84. The number of sulfone groups is 1. The summed E-state index contributed by atoms with van der Waals surface area (Å²) < 4.78 is 36.9. The summed E-state index contributed by atoms with van der Waals surface area (Å²) in [5, 5.41) is 9.04. The number of aliphatic carboxylic acids is 1. The predicted octanol–water partition coefficient (Wildman–Crippen LogP) is 1.75. The Hall–Kier alpha value is -1.43. The Morgan fingerprint density at radius 3 is 2.37 bits per heavy atom. The van der Waals surface area contributed by atoms with Crippen LogP contribution in [0, 0.1) is 5.82 Å². The fourth-order valence-corrected chi connectivity index (χ4v) is 4.26. The molecule has 0 unspecified atom stereocenters. The topological polar surface area (TPSA) is 71.4 Å². The average Bonchev–Trinajstić information content (AvgIpc) is 2.32. The SMILES string of the molecule is O=C(O)CC1(c2ccccc2F)CCS(=O)(=O)CC1. The second-order valence-electron chi connectivity index (χ2n) is 4.98. The summed E-state index contributed by atoms with van der Waals surface area (Å²) in [6.07, 6.45) is 0.0641. The summed E-state index contributed by atoms with van der Waals surface area (Å²) in [5.74, 6) is -1.69. The van der Waals surface area contributed by atoms with Crippen LogP contribution in [0.25, 0.3) is 0 Å². The van der Waals surface area contributed by atoms with Gasteiger partial charge in [-0.25, -0.2) is 12.8 Å². The zero-order chi connectivity index (χ0) is 14.1. The van der Waals surface area contributed by atoms with Crippen molar-refractivity contribution in [2.24, 2.45) is 0 Å². The maximum Gasteiger partial charge on any atom is 0.304 e. The number of hydrogen-bond donors (Lipinski definition) is 1. The zero-order valence-electron chi connectivity index (χ0n) is 10.3. The average molecular weight is 286 g/mol. The Bertz CT molecular complexity index is 580. The number of carbonyl (C=O) groups is 1. The van der Waals surface area contributed by atoms with Crippen LogP contribution in [0.1, 0.15) is 24.8 Å². The van der Waals surface area contributed by atoms with Crippen molar-refractivity contribution in [3.05, 3.63) is 35.6 Å². The van der Waals surface area contributed by atoms with Crippen LogP contribution in [0.5, 0.6) is 0 Å². The highest BCUT2D eigenvalue weighted by Gasteiger charge is 2.41. The molecule has 0 aromatic heterocycles. The number of carboxylic acid groups (broad SMARTS) is 1. The van der Waals surface area contributed by atoms with E-state index in [1.54, 1.807) is 12.1 Å². The van der Waals surface area contributed by atoms with Crippen LogP contribution in [0.15, 0.2) is 24.3 Å². The van der Waals surface area contributed by atoms with Crippen LogP contribution >= 0.6 is 0 Å². The van der Waals surface area contributed by atoms with Gasteiger partial charge < -0.3 is 5.11 Å². The van der Waals surface area contributed by atoms with E-state index in [0.29, 0.717) is 5.56 Å². The molecule has 0 aliphatic carbocycles. The molecule has 0 bridgehead atoms. The van der Waals surface area contributed by atoms with Gasteiger partial charge in [0, 0.05) is 5.41 Å². The summed E-state index contributed by atoms with van der Waals surface area (Å²) in [5.41, 5.74) is -0.602. The van der Waals surface area contributed by atoms with Crippen LogP contribution in [0.3, 0.4) is 0 Å². The van der Waals surface area contributed by atoms with E-state index in [-0.39, 0.29) is 30.8 Å². The van der Waals surface area contributed by atoms with E-state index >= 15 is 0 Å². The molecule has 0 amide bonds. The molecule has 0 atom stereocenters. The van der Waals surface area contributed by atoms with Crippen molar-refractivity contribution in [1.29, 1.82) is 0 Å². The van der Waals surface area contributed by atoms with E-state index in [4.69, 9.17) is 5.11 Å². The minimum Gasteiger partial charge on any atom is -0.481 e. The van der Waals surface area contributed by atoms with E-state index < -0.39 is 27.0 Å². The number of hydrogen-bond acceptors (Lipinski definition) is 3. The van der Waals surface area contributed by atoms with Gasteiger partial charge in [0.25, 0.3) is 0 Å². The van der Waals surface area contributed by atoms with Gasteiger partial charge in [0.1, 0.15) is 15.7 Å². The van der Waals surface area contributed by atoms with Gasteiger partial charge in [0.2, 0.25) is 0 Å². The number of halogens is 1. The molecule has 104 valence electrons. The van der Waals surface area contributed by atoms with E-state index in [2.05, 4.69) is 0 Å². The first kappa shape index (κ1) is 14.0. The van der Waals surface area contributed by atoms with Crippen molar-refractivity contribution >= 4 is 15.8 Å². The number of benzene rings is 1. The maximum absolute atomic E-state index is 13.9. The summed E-state index contributed by atoms with van der Waals surface area (Å²) in [7, 11) is -3.13. The first-order valence-electron chi connectivity index (χ1n) is 6.02. The second kappa shape index (κ2) is 4.92. The van der Waals surface area contributed by atoms with Crippen LogP contribution < -0.4 is 0 Å². The zero-order valence-corrected chi connectivity index (χ0v) is 11.1. The lowest BCUT2D eigenvalue weighted by Gasteiger charge is -2.36. The molecule has 4 nitrogen and oxygen atoms in total. The molecule has 1 N–H and O–H groups in total. The van der Waals surface area contributed by atoms with Gasteiger partial charge in [-0.3, -0.25) is 4.79 Å². The molecule has 6 heteroatoms. The quantitative estimate of drug-likeness (QED) is 0.919. The minimum atomic E-state index is -3.13. The molecular formula is C13H15FO4S. The van der Waals surface area contributed by atoms with Gasteiger partial charge in [0.15, 0.2) is 0 Å². The lowest BCUT2D eigenvalue weighted by atomic mass is 9.73. The van der Waals surface area contributed by atoms with Gasteiger partial charge in [-0.1, -0.05) is 18.2 Å². The second-order valence-corrected chi connectivity index (χ2v) is 7.29. The van der Waals surface area contributed by atoms with Crippen LogP contribution in [-0.2, 0) is 20.0 Å². The fourth-order valence-electron chi connectivity index (χ4n) is 2.65. The molecule has 1 fully saturated rings. The molecule has 1 heterocycles. The molecule has 2 rings (SSSR count). The normalized spacial score (nSPS) is 20.9. The highest BCUT2D eigenvalue weighted by atomic mass is 32.2. The minimum absolute atomic E-state index is 0.0887. The van der Waals surface area contributed by atoms with Crippen LogP contribution in [0.2, 0.25) is 0 Å². The van der Waals surface area contributed by atoms with Crippen molar-refractivity contribution in [3.63, 3.8) is 0 Å². The summed E-state index contributed by atoms with van der Waals surface area (Å²) in [6.45, 7) is 0. The molecule has 1 saturated heterocycles. The molecule has 0 radical (unpaired) electrons. The van der Waals surface area contributed by atoms with Crippen molar-refractivity contribution in [2.45, 2.75) is 24.7 Å². The Labute approximate surface area is 111 Å². The lowest BCUT2D eigenvalue weighted by Crippen LogP contribution is -2.39. The van der Waals surface area contributed by atoms with Crippen LogP contribution in [-0.4, -0.2) is 31.0 Å². The van der Waals surface area contributed by atoms with Crippen molar-refractivity contribution in [1.82, 2.24) is 0 Å². The van der Waals surface area contributed by atoms with E-state index in [1.165, 1.54) is 12.1 Å². The molecule has 1 aliphatic heterocycles. The lowest BCUT2D eigenvalue weighted by molar-refractivity contribution is -0.138. The Morgan fingerprint density at radius 1 is 1.26 bits per heavy atom. The van der Waals surface area contributed by atoms with Crippen LogP contribution in [0.4, 0.5) is 4.39 Å². The Kier molecular flexibility index (Phi) is 3.62. The Balaban J connectivity index is 2.42. The molecule has 0 spiro atoms. The predicted molar refractivity (Wildman–Crippen MR) is 68.2 cm³/mol. The van der Waals surface area contributed by atoms with E-state index in [1.807, 2.05) is 0 Å². The van der Waals surface area contributed by atoms with Gasteiger partial charge in [-0.2, -0.15) is 0 Å². The first-order chi connectivity index (χ1) is 8.85. The fraction of sp³-hybridized carbons (Fsp3) is 0.462.